The Balaban J connectivity index is 2.44. The zero-order chi connectivity index (χ0) is 13.1. The lowest BCUT2D eigenvalue weighted by Crippen LogP contribution is -2.27. The molecule has 0 aromatic carbocycles. The van der Waals surface area contributed by atoms with Gasteiger partial charge in [0.15, 0.2) is 0 Å². The van der Waals surface area contributed by atoms with Gasteiger partial charge in [-0.15, -0.1) is 11.3 Å². The molecule has 1 heterocycles. The van der Waals surface area contributed by atoms with Crippen LogP contribution in [-0.4, -0.2) is 16.9 Å². The molecule has 0 aliphatic carbocycles. The van der Waals surface area contributed by atoms with E-state index < -0.39 is 18.2 Å². The van der Waals surface area contributed by atoms with Gasteiger partial charge >= 0.3 is 6.18 Å². The van der Waals surface area contributed by atoms with Crippen molar-refractivity contribution >= 4 is 27.3 Å². The van der Waals surface area contributed by atoms with Crippen LogP contribution in [0, 0.1) is 0 Å². The van der Waals surface area contributed by atoms with Crippen molar-refractivity contribution in [1.29, 1.82) is 0 Å². The molecule has 0 fully saturated rings. The fourth-order valence-electron chi connectivity index (χ4n) is 1.56. The average Bonchev–Trinajstić information content (AvgIpc) is 2.48. The molecule has 17 heavy (non-hydrogen) atoms. The summed E-state index contributed by atoms with van der Waals surface area (Å²) >= 11 is 4.82. The number of rotatable bonds is 5. The monoisotopic (exact) mass is 330 g/mol. The van der Waals surface area contributed by atoms with Crippen LogP contribution < -0.4 is 0 Å². The Bertz CT molecular complexity index is 360. The zero-order valence-corrected chi connectivity index (χ0v) is 11.8. The summed E-state index contributed by atoms with van der Waals surface area (Å²) in [5.41, 5.74) is -1.08. The summed E-state index contributed by atoms with van der Waals surface area (Å²) in [6, 6.07) is 1.87. The molecule has 0 saturated carbocycles. The second-order valence-electron chi connectivity index (χ2n) is 4.33. The highest BCUT2D eigenvalue weighted by Gasteiger charge is 2.29. The summed E-state index contributed by atoms with van der Waals surface area (Å²) in [5, 5.41) is 11.9. The first-order valence-corrected chi connectivity index (χ1v) is 6.88. The minimum absolute atomic E-state index is 0.0422. The molecule has 0 aliphatic heterocycles. The van der Waals surface area contributed by atoms with Crippen molar-refractivity contribution in [2.24, 2.45) is 0 Å². The van der Waals surface area contributed by atoms with Crippen molar-refractivity contribution in [3.8, 4) is 0 Å². The third-order valence-corrected chi connectivity index (χ3v) is 4.33. The van der Waals surface area contributed by atoms with Gasteiger partial charge in [0.2, 0.25) is 0 Å². The van der Waals surface area contributed by atoms with E-state index in [9.17, 15) is 18.3 Å². The SMILES string of the molecule is CC(O)(CCCC(F)(F)F)Cc1sccc1Br. The first kappa shape index (κ1) is 15.0. The molecule has 0 spiro atoms. The largest absolute Gasteiger partial charge is 0.390 e. The Morgan fingerprint density at radius 3 is 2.47 bits per heavy atom. The van der Waals surface area contributed by atoms with E-state index in [1.54, 1.807) is 6.92 Å². The Hall–Kier alpha value is -0.0700. The summed E-state index contributed by atoms with van der Waals surface area (Å²) in [4.78, 5) is 0.960. The van der Waals surface area contributed by atoms with Gasteiger partial charge in [0.1, 0.15) is 0 Å². The highest BCUT2D eigenvalue weighted by Crippen LogP contribution is 2.30. The highest BCUT2D eigenvalue weighted by atomic mass is 79.9. The van der Waals surface area contributed by atoms with Crippen molar-refractivity contribution in [3.05, 3.63) is 20.8 Å². The van der Waals surface area contributed by atoms with E-state index in [2.05, 4.69) is 15.9 Å². The van der Waals surface area contributed by atoms with Crippen molar-refractivity contribution in [1.82, 2.24) is 0 Å². The molecular formula is C11H14BrF3OS. The summed E-state index contributed by atoms with van der Waals surface area (Å²) in [5.74, 6) is 0. The first-order valence-electron chi connectivity index (χ1n) is 5.21. The number of alkyl halides is 3. The van der Waals surface area contributed by atoms with Gasteiger partial charge in [0.05, 0.1) is 5.60 Å². The maximum Gasteiger partial charge on any atom is 0.389 e. The number of hydrogen-bond donors (Lipinski definition) is 1. The van der Waals surface area contributed by atoms with Crippen LogP contribution >= 0.6 is 27.3 Å². The highest BCUT2D eigenvalue weighted by molar-refractivity contribution is 9.10. The summed E-state index contributed by atoms with van der Waals surface area (Å²) in [6.45, 7) is 1.58. The van der Waals surface area contributed by atoms with E-state index in [1.807, 2.05) is 11.4 Å². The first-order chi connectivity index (χ1) is 7.70. The van der Waals surface area contributed by atoms with Crippen LogP contribution in [0.3, 0.4) is 0 Å². The molecule has 0 saturated heterocycles. The molecule has 98 valence electrons. The summed E-state index contributed by atoms with van der Waals surface area (Å²) in [6.07, 6.45) is -4.49. The second-order valence-corrected chi connectivity index (χ2v) is 6.19. The molecule has 1 atom stereocenters. The van der Waals surface area contributed by atoms with Crippen LogP contribution in [0.15, 0.2) is 15.9 Å². The predicted octanol–water partition coefficient (Wildman–Crippen LogP) is 4.54. The lowest BCUT2D eigenvalue weighted by Gasteiger charge is -2.23. The molecule has 1 nitrogen and oxygen atoms in total. The molecule has 6 heteroatoms. The fraction of sp³-hybridized carbons (Fsp3) is 0.636. The van der Waals surface area contributed by atoms with Gasteiger partial charge in [0.25, 0.3) is 0 Å². The Morgan fingerprint density at radius 1 is 1.35 bits per heavy atom. The standard InChI is InChI=1S/C11H14BrF3OS/c1-10(16,4-2-5-11(13,14)15)7-9-8(12)3-6-17-9/h3,6,16H,2,4-5,7H2,1H3. The Kier molecular flexibility index (Phi) is 5.04. The predicted molar refractivity (Wildman–Crippen MR) is 66.3 cm³/mol. The van der Waals surface area contributed by atoms with Gasteiger partial charge in [-0.05, 0) is 47.1 Å². The molecule has 1 unspecified atom stereocenters. The molecule has 0 aliphatic rings. The summed E-state index contributed by atoms with van der Waals surface area (Å²) in [7, 11) is 0. The van der Waals surface area contributed by atoms with Crippen molar-refractivity contribution in [2.45, 2.75) is 44.4 Å². The van der Waals surface area contributed by atoms with Gasteiger partial charge in [-0.2, -0.15) is 13.2 Å². The Morgan fingerprint density at radius 2 is 2.00 bits per heavy atom. The fourth-order valence-corrected chi connectivity index (χ4v) is 3.23. The average molecular weight is 331 g/mol. The van der Waals surface area contributed by atoms with Gasteiger partial charge in [-0.25, -0.2) is 0 Å². The van der Waals surface area contributed by atoms with Crippen LogP contribution in [-0.2, 0) is 6.42 Å². The smallest absolute Gasteiger partial charge is 0.389 e. The third kappa shape index (κ3) is 5.88. The molecule has 1 rings (SSSR count). The van der Waals surface area contributed by atoms with Crippen LogP contribution in [0.2, 0.25) is 0 Å². The number of halogens is 4. The van der Waals surface area contributed by atoms with Crippen molar-refractivity contribution in [3.63, 3.8) is 0 Å². The number of hydrogen-bond acceptors (Lipinski definition) is 2. The van der Waals surface area contributed by atoms with E-state index >= 15 is 0 Å². The molecule has 1 aromatic rings. The minimum Gasteiger partial charge on any atom is -0.390 e. The zero-order valence-electron chi connectivity index (χ0n) is 9.35. The summed E-state index contributed by atoms with van der Waals surface area (Å²) < 4.78 is 36.9. The molecule has 1 aromatic heterocycles. The molecule has 0 radical (unpaired) electrons. The van der Waals surface area contributed by atoms with Gasteiger partial charge in [-0.3, -0.25) is 0 Å². The molecule has 0 amide bonds. The lowest BCUT2D eigenvalue weighted by molar-refractivity contribution is -0.137. The lowest BCUT2D eigenvalue weighted by atomic mass is 9.94. The van der Waals surface area contributed by atoms with Gasteiger partial charge in [-0.1, -0.05) is 0 Å². The van der Waals surface area contributed by atoms with E-state index in [-0.39, 0.29) is 12.8 Å². The van der Waals surface area contributed by atoms with Crippen molar-refractivity contribution < 1.29 is 18.3 Å². The normalized spacial score (nSPS) is 15.9. The van der Waals surface area contributed by atoms with Gasteiger partial charge < -0.3 is 5.11 Å². The maximum absolute atomic E-state index is 12.0. The second kappa shape index (κ2) is 5.71. The van der Waals surface area contributed by atoms with Crippen LogP contribution in [0.5, 0.6) is 0 Å². The molecule has 1 N–H and O–H groups in total. The van der Waals surface area contributed by atoms with Crippen molar-refractivity contribution in [2.75, 3.05) is 0 Å². The van der Waals surface area contributed by atoms with E-state index in [1.165, 1.54) is 11.3 Å². The molecule has 0 bridgehead atoms. The number of aliphatic hydroxyl groups is 1. The molecular weight excluding hydrogens is 317 g/mol. The third-order valence-electron chi connectivity index (χ3n) is 2.41. The topological polar surface area (TPSA) is 20.2 Å². The van der Waals surface area contributed by atoms with E-state index in [4.69, 9.17) is 0 Å². The van der Waals surface area contributed by atoms with Crippen LogP contribution in [0.25, 0.3) is 0 Å². The van der Waals surface area contributed by atoms with E-state index in [0.29, 0.717) is 6.42 Å². The van der Waals surface area contributed by atoms with Gasteiger partial charge in [0, 0.05) is 22.2 Å². The minimum atomic E-state index is -4.14. The van der Waals surface area contributed by atoms with Crippen LogP contribution in [0.4, 0.5) is 13.2 Å². The van der Waals surface area contributed by atoms with Crippen LogP contribution in [0.1, 0.15) is 31.1 Å². The number of thiophene rings is 1. The maximum atomic E-state index is 12.0. The Labute approximate surface area is 111 Å². The quantitative estimate of drug-likeness (QED) is 0.840. The van der Waals surface area contributed by atoms with E-state index in [0.717, 1.165) is 9.35 Å².